The summed E-state index contributed by atoms with van der Waals surface area (Å²) in [5, 5.41) is 5.72. The van der Waals surface area contributed by atoms with Crippen LogP contribution in [0.3, 0.4) is 0 Å². The minimum atomic E-state index is 0.641. The first-order valence-electron chi connectivity index (χ1n) is 4.70. The number of aryl methyl sites for hydroxylation is 1. The fourth-order valence-electron chi connectivity index (χ4n) is 1.41. The maximum absolute atomic E-state index is 6.15. The Morgan fingerprint density at radius 3 is 2.62 bits per heavy atom. The van der Waals surface area contributed by atoms with Gasteiger partial charge in [-0.2, -0.15) is 5.10 Å². The molecule has 2 nitrogen and oxygen atoms in total. The van der Waals surface area contributed by atoms with E-state index in [9.17, 15) is 0 Å². The van der Waals surface area contributed by atoms with Gasteiger partial charge in [-0.1, -0.05) is 35.3 Å². The topological polar surface area (TPSA) is 17.8 Å². The van der Waals surface area contributed by atoms with Crippen molar-refractivity contribution in [3.63, 3.8) is 0 Å². The molecule has 2 rings (SSSR count). The third-order valence-electron chi connectivity index (χ3n) is 2.22. The molecule has 0 aliphatic rings. The summed E-state index contributed by atoms with van der Waals surface area (Å²) in [5.41, 5.74) is 2.20. The molecule has 1 aromatic carbocycles. The van der Waals surface area contributed by atoms with E-state index in [1.807, 2.05) is 25.1 Å². The molecule has 0 N–H and O–H groups in total. The lowest BCUT2D eigenvalue weighted by Gasteiger charge is -2.05. The van der Waals surface area contributed by atoms with Gasteiger partial charge in [-0.15, -0.1) is 0 Å². The highest BCUT2D eigenvalue weighted by Gasteiger charge is 2.06. The van der Waals surface area contributed by atoms with E-state index < -0.39 is 0 Å². The van der Waals surface area contributed by atoms with Gasteiger partial charge in [0.05, 0.1) is 11.6 Å². The standard InChI is InChI=1S/C11H9Cl2IN2/c1-7-2-3-8(9(12)4-7)5-16-6-10(13)11(14)15-16/h2-4,6H,5H2,1H3. The molecule has 0 spiro atoms. The summed E-state index contributed by atoms with van der Waals surface area (Å²) < 4.78 is 2.60. The van der Waals surface area contributed by atoms with Crippen molar-refractivity contribution in [2.75, 3.05) is 0 Å². The highest BCUT2D eigenvalue weighted by Crippen LogP contribution is 2.20. The van der Waals surface area contributed by atoms with E-state index in [2.05, 4.69) is 27.7 Å². The first-order valence-corrected chi connectivity index (χ1v) is 6.53. The number of hydrogen-bond donors (Lipinski definition) is 0. The van der Waals surface area contributed by atoms with E-state index in [1.54, 1.807) is 10.9 Å². The third-order valence-corrected chi connectivity index (χ3v) is 3.96. The normalized spacial score (nSPS) is 10.8. The Kier molecular flexibility index (Phi) is 3.77. The molecule has 0 aliphatic heterocycles. The van der Waals surface area contributed by atoms with Gasteiger partial charge in [-0.05, 0) is 46.7 Å². The Hall–Kier alpha value is -0.260. The molecule has 16 heavy (non-hydrogen) atoms. The van der Waals surface area contributed by atoms with Gasteiger partial charge in [0.1, 0.15) is 3.70 Å². The van der Waals surface area contributed by atoms with E-state index in [0.29, 0.717) is 11.6 Å². The van der Waals surface area contributed by atoms with Gasteiger partial charge in [-0.3, -0.25) is 4.68 Å². The first kappa shape index (κ1) is 12.2. The predicted molar refractivity (Wildman–Crippen MR) is 75.2 cm³/mol. The van der Waals surface area contributed by atoms with Crippen LogP contribution in [0.2, 0.25) is 10.0 Å². The van der Waals surface area contributed by atoms with Crippen LogP contribution in [-0.4, -0.2) is 9.78 Å². The van der Waals surface area contributed by atoms with Crippen LogP contribution in [-0.2, 0) is 6.54 Å². The maximum atomic E-state index is 6.15. The SMILES string of the molecule is Cc1ccc(Cn2cc(Cl)c(I)n2)c(Cl)c1. The van der Waals surface area contributed by atoms with Crippen LogP contribution in [0.5, 0.6) is 0 Å². The van der Waals surface area contributed by atoms with Gasteiger partial charge in [-0.25, -0.2) is 0 Å². The molecule has 0 radical (unpaired) electrons. The molecule has 0 unspecified atom stereocenters. The minimum Gasteiger partial charge on any atom is -0.266 e. The lowest BCUT2D eigenvalue weighted by Crippen LogP contribution is -2.01. The molecule has 5 heteroatoms. The summed E-state index contributed by atoms with van der Waals surface area (Å²) in [6.07, 6.45) is 1.81. The smallest absolute Gasteiger partial charge is 0.141 e. The fraction of sp³-hybridized carbons (Fsp3) is 0.182. The van der Waals surface area contributed by atoms with Crippen molar-refractivity contribution in [3.05, 3.63) is 49.3 Å². The van der Waals surface area contributed by atoms with Gasteiger partial charge in [0.25, 0.3) is 0 Å². The van der Waals surface area contributed by atoms with Crippen molar-refractivity contribution in [2.45, 2.75) is 13.5 Å². The molecule has 1 aromatic heterocycles. The molecule has 0 aliphatic carbocycles. The summed E-state index contributed by atoms with van der Waals surface area (Å²) in [6, 6.07) is 6.00. The minimum absolute atomic E-state index is 0.641. The summed E-state index contributed by atoms with van der Waals surface area (Å²) >= 11 is 14.2. The number of halogens is 3. The largest absolute Gasteiger partial charge is 0.266 e. The Bertz CT molecular complexity index is 503. The van der Waals surface area contributed by atoms with Crippen molar-refractivity contribution in [1.29, 1.82) is 0 Å². The molecule has 1 heterocycles. The van der Waals surface area contributed by atoms with Gasteiger partial charge < -0.3 is 0 Å². The summed E-state index contributed by atoms with van der Waals surface area (Å²) in [6.45, 7) is 2.66. The monoisotopic (exact) mass is 366 g/mol. The van der Waals surface area contributed by atoms with Gasteiger partial charge in [0, 0.05) is 11.2 Å². The summed E-state index contributed by atoms with van der Waals surface area (Å²) in [5.74, 6) is 0. The second kappa shape index (κ2) is 4.94. The van der Waals surface area contributed by atoms with E-state index >= 15 is 0 Å². The Morgan fingerprint density at radius 2 is 2.06 bits per heavy atom. The van der Waals surface area contributed by atoms with E-state index in [1.165, 1.54) is 0 Å². The molecular formula is C11H9Cl2IN2. The van der Waals surface area contributed by atoms with Crippen LogP contribution >= 0.6 is 45.8 Å². The molecule has 2 aromatic rings. The Labute approximate surface area is 118 Å². The highest BCUT2D eigenvalue weighted by molar-refractivity contribution is 14.1. The van der Waals surface area contributed by atoms with Crippen LogP contribution in [0, 0.1) is 10.6 Å². The number of benzene rings is 1. The van der Waals surface area contributed by atoms with Gasteiger partial charge >= 0.3 is 0 Å². The first-order chi connectivity index (χ1) is 7.56. The zero-order chi connectivity index (χ0) is 11.7. The predicted octanol–water partition coefficient (Wildman–Crippen LogP) is 4.15. The zero-order valence-corrected chi connectivity index (χ0v) is 12.2. The van der Waals surface area contributed by atoms with Gasteiger partial charge in [0.2, 0.25) is 0 Å². The number of hydrogen-bond acceptors (Lipinski definition) is 1. The van der Waals surface area contributed by atoms with Crippen molar-refractivity contribution in [2.24, 2.45) is 0 Å². The summed E-state index contributed by atoms with van der Waals surface area (Å²) in [4.78, 5) is 0. The molecule has 84 valence electrons. The van der Waals surface area contributed by atoms with E-state index in [0.717, 1.165) is 19.9 Å². The second-order valence-corrected chi connectivity index (χ2v) is 5.40. The maximum Gasteiger partial charge on any atom is 0.141 e. The lowest BCUT2D eigenvalue weighted by atomic mass is 10.1. The lowest BCUT2D eigenvalue weighted by molar-refractivity contribution is 0.681. The van der Waals surface area contributed by atoms with Gasteiger partial charge in [0.15, 0.2) is 0 Å². The average molecular weight is 367 g/mol. The van der Waals surface area contributed by atoms with Crippen LogP contribution < -0.4 is 0 Å². The number of rotatable bonds is 2. The summed E-state index contributed by atoms with van der Waals surface area (Å²) in [7, 11) is 0. The fourth-order valence-corrected chi connectivity index (χ4v) is 2.27. The van der Waals surface area contributed by atoms with Crippen molar-refractivity contribution < 1.29 is 0 Å². The number of nitrogens with zero attached hydrogens (tertiary/aromatic N) is 2. The third kappa shape index (κ3) is 2.70. The molecule has 0 bridgehead atoms. The molecule has 0 saturated carbocycles. The molecule has 0 saturated heterocycles. The van der Waals surface area contributed by atoms with Crippen LogP contribution in [0.25, 0.3) is 0 Å². The van der Waals surface area contributed by atoms with Crippen molar-refractivity contribution in [1.82, 2.24) is 9.78 Å². The van der Waals surface area contributed by atoms with Crippen LogP contribution in [0.1, 0.15) is 11.1 Å². The average Bonchev–Trinajstić information content (AvgIpc) is 2.51. The van der Waals surface area contributed by atoms with E-state index in [4.69, 9.17) is 23.2 Å². The van der Waals surface area contributed by atoms with Crippen molar-refractivity contribution in [3.8, 4) is 0 Å². The van der Waals surface area contributed by atoms with Crippen molar-refractivity contribution >= 4 is 45.8 Å². The van der Waals surface area contributed by atoms with Crippen LogP contribution in [0.15, 0.2) is 24.4 Å². The Morgan fingerprint density at radius 1 is 1.31 bits per heavy atom. The molecular weight excluding hydrogens is 358 g/mol. The van der Waals surface area contributed by atoms with Crippen LogP contribution in [0.4, 0.5) is 0 Å². The zero-order valence-electron chi connectivity index (χ0n) is 8.54. The molecule has 0 atom stereocenters. The Balaban J connectivity index is 2.27. The van der Waals surface area contributed by atoms with E-state index in [-0.39, 0.29) is 0 Å². The number of aromatic nitrogens is 2. The molecule has 0 amide bonds. The quantitative estimate of drug-likeness (QED) is 0.730. The second-order valence-electron chi connectivity index (χ2n) is 3.56. The molecule has 0 fully saturated rings. The highest BCUT2D eigenvalue weighted by atomic mass is 127.